The molecule has 3 rings (SSSR count). The topological polar surface area (TPSA) is 103 Å². The zero-order valence-electron chi connectivity index (χ0n) is 19.9. The minimum absolute atomic E-state index is 0.132. The first-order chi connectivity index (χ1) is 16.2. The van der Waals surface area contributed by atoms with E-state index in [9.17, 15) is 19.8 Å². The number of ether oxygens (including phenoxy) is 1. The highest BCUT2D eigenvalue weighted by molar-refractivity contribution is 5.97. The monoisotopic (exact) mass is 465 g/mol. The maximum Gasteiger partial charge on any atom is 0.259 e. The van der Waals surface area contributed by atoms with Crippen LogP contribution in [0.5, 0.6) is 5.88 Å². The smallest absolute Gasteiger partial charge is 0.259 e. The number of aliphatic hydroxyl groups is 2. The van der Waals surface area contributed by atoms with Crippen LogP contribution in [-0.4, -0.2) is 81.8 Å². The summed E-state index contributed by atoms with van der Waals surface area (Å²) in [6, 6.07) is 10.2. The Morgan fingerprint density at radius 1 is 1.32 bits per heavy atom. The number of amides is 2. The first-order valence-electron chi connectivity index (χ1n) is 11.3. The van der Waals surface area contributed by atoms with Gasteiger partial charge in [-0.25, -0.2) is 4.98 Å². The van der Waals surface area contributed by atoms with E-state index in [1.54, 1.807) is 48.9 Å². The Morgan fingerprint density at radius 2 is 2.03 bits per heavy atom. The number of pyridine rings is 1. The van der Waals surface area contributed by atoms with E-state index >= 15 is 0 Å². The molecule has 0 radical (unpaired) electrons. The minimum Gasteiger partial charge on any atom is -0.472 e. The second kappa shape index (κ2) is 11.1. The van der Waals surface area contributed by atoms with Crippen LogP contribution in [0, 0.1) is 17.8 Å². The SMILES string of the molecule is C[C@H](O)C#Cc1cnc2c(c1)C(=O)N([C@H](C)CO)C[C@H](C)[C@@H](CN(C)C(=O)c1ccccc1)O2. The molecule has 2 heterocycles. The molecule has 0 unspecified atom stereocenters. The van der Waals surface area contributed by atoms with Gasteiger partial charge < -0.3 is 24.7 Å². The molecule has 2 N–H and O–H groups in total. The summed E-state index contributed by atoms with van der Waals surface area (Å²) in [6.07, 6.45) is 0.228. The molecule has 4 atom stereocenters. The Kier molecular flexibility index (Phi) is 8.26. The second-order valence-electron chi connectivity index (χ2n) is 8.70. The Hall–Kier alpha value is -3.41. The van der Waals surface area contributed by atoms with Crippen molar-refractivity contribution in [3.8, 4) is 17.7 Å². The van der Waals surface area contributed by atoms with Crippen molar-refractivity contribution in [1.82, 2.24) is 14.8 Å². The van der Waals surface area contributed by atoms with Gasteiger partial charge in [-0.15, -0.1) is 0 Å². The summed E-state index contributed by atoms with van der Waals surface area (Å²) in [6.45, 7) is 5.70. The summed E-state index contributed by atoms with van der Waals surface area (Å²) < 4.78 is 6.21. The normalized spacial score (nSPS) is 19.5. The molecular weight excluding hydrogens is 434 g/mol. The lowest BCUT2D eigenvalue weighted by molar-refractivity contribution is 0.0313. The fourth-order valence-corrected chi connectivity index (χ4v) is 3.73. The number of hydrogen-bond donors (Lipinski definition) is 2. The average molecular weight is 466 g/mol. The molecule has 8 nitrogen and oxygen atoms in total. The third-order valence-electron chi connectivity index (χ3n) is 5.77. The predicted molar refractivity (Wildman–Crippen MR) is 127 cm³/mol. The molecule has 0 bridgehead atoms. The quantitative estimate of drug-likeness (QED) is 0.653. The van der Waals surface area contributed by atoms with Crippen LogP contribution in [0.15, 0.2) is 42.6 Å². The van der Waals surface area contributed by atoms with Gasteiger partial charge in [-0.05, 0) is 32.0 Å². The van der Waals surface area contributed by atoms with Crippen molar-refractivity contribution in [2.75, 3.05) is 26.7 Å². The number of hydrogen-bond acceptors (Lipinski definition) is 6. The molecule has 0 aliphatic carbocycles. The summed E-state index contributed by atoms with van der Waals surface area (Å²) in [4.78, 5) is 33.8. The highest BCUT2D eigenvalue weighted by atomic mass is 16.5. The van der Waals surface area contributed by atoms with E-state index in [1.807, 2.05) is 25.1 Å². The first-order valence-corrected chi connectivity index (χ1v) is 11.3. The van der Waals surface area contributed by atoms with Crippen LogP contribution < -0.4 is 4.74 Å². The average Bonchev–Trinajstić information content (AvgIpc) is 2.84. The van der Waals surface area contributed by atoms with Gasteiger partial charge in [-0.3, -0.25) is 9.59 Å². The van der Waals surface area contributed by atoms with Crippen LogP contribution in [-0.2, 0) is 0 Å². The Labute approximate surface area is 200 Å². The highest BCUT2D eigenvalue weighted by Gasteiger charge is 2.34. The first kappa shape index (κ1) is 25.2. The number of likely N-dealkylation sites (N-methyl/N-ethyl adjacent to an activating group) is 1. The van der Waals surface area contributed by atoms with Crippen molar-refractivity contribution < 1.29 is 24.5 Å². The van der Waals surface area contributed by atoms with Crippen molar-refractivity contribution in [3.63, 3.8) is 0 Å². The van der Waals surface area contributed by atoms with E-state index in [1.165, 1.54) is 6.20 Å². The largest absolute Gasteiger partial charge is 0.472 e. The van der Waals surface area contributed by atoms with Gasteiger partial charge in [-0.1, -0.05) is 37.0 Å². The molecule has 0 fully saturated rings. The molecule has 2 aromatic rings. The zero-order valence-corrected chi connectivity index (χ0v) is 19.9. The van der Waals surface area contributed by atoms with Gasteiger partial charge in [0.1, 0.15) is 17.8 Å². The zero-order chi connectivity index (χ0) is 24.8. The van der Waals surface area contributed by atoms with Gasteiger partial charge >= 0.3 is 0 Å². The number of fused-ring (bicyclic) bond motifs is 1. The molecule has 1 aliphatic heterocycles. The molecule has 34 heavy (non-hydrogen) atoms. The molecular formula is C26H31N3O5. The molecule has 1 aromatic heterocycles. The summed E-state index contributed by atoms with van der Waals surface area (Å²) >= 11 is 0. The lowest BCUT2D eigenvalue weighted by Gasteiger charge is -2.37. The fraction of sp³-hybridized carbons (Fsp3) is 0.423. The van der Waals surface area contributed by atoms with Crippen LogP contribution in [0.2, 0.25) is 0 Å². The Morgan fingerprint density at radius 3 is 2.68 bits per heavy atom. The van der Waals surface area contributed by atoms with Gasteiger partial charge in [0.2, 0.25) is 5.88 Å². The fourth-order valence-electron chi connectivity index (χ4n) is 3.73. The van der Waals surface area contributed by atoms with Crippen LogP contribution >= 0.6 is 0 Å². The molecule has 2 amide bonds. The number of benzene rings is 1. The standard InChI is InChI=1S/C26H31N3O5/c1-17-14-29(18(2)16-30)26(33)22-12-20(11-10-19(3)31)13-27-24(22)34-23(17)15-28(4)25(32)21-8-6-5-7-9-21/h5-9,12-13,17-19,23,30-31H,14-16H2,1-4H3/t17-,18+,19-,23+/m0/s1. The van der Waals surface area contributed by atoms with Crippen molar-refractivity contribution in [2.24, 2.45) is 5.92 Å². The lowest BCUT2D eigenvalue weighted by atomic mass is 9.99. The maximum absolute atomic E-state index is 13.4. The third-order valence-corrected chi connectivity index (χ3v) is 5.77. The van der Waals surface area contributed by atoms with E-state index in [4.69, 9.17) is 4.74 Å². The number of nitrogens with zero attached hydrogens (tertiary/aromatic N) is 3. The molecule has 1 aromatic carbocycles. The number of rotatable bonds is 5. The molecule has 0 spiro atoms. The summed E-state index contributed by atoms with van der Waals surface area (Å²) in [5.74, 6) is 5.00. The van der Waals surface area contributed by atoms with E-state index in [0.29, 0.717) is 17.7 Å². The van der Waals surface area contributed by atoms with Gasteiger partial charge in [-0.2, -0.15) is 0 Å². The minimum atomic E-state index is -0.817. The Bertz CT molecular complexity index is 1080. The Balaban J connectivity index is 1.95. The van der Waals surface area contributed by atoms with Crippen LogP contribution in [0.3, 0.4) is 0 Å². The van der Waals surface area contributed by atoms with Crippen molar-refractivity contribution in [2.45, 2.75) is 39.0 Å². The molecule has 0 saturated heterocycles. The molecule has 180 valence electrons. The van der Waals surface area contributed by atoms with Crippen LogP contribution in [0.25, 0.3) is 0 Å². The highest BCUT2D eigenvalue weighted by Crippen LogP contribution is 2.27. The number of aromatic nitrogens is 1. The van der Waals surface area contributed by atoms with Gasteiger partial charge in [0.05, 0.1) is 19.2 Å². The second-order valence-corrected chi connectivity index (χ2v) is 8.70. The number of carbonyl (C=O) groups is 2. The van der Waals surface area contributed by atoms with Gasteiger partial charge in [0.25, 0.3) is 11.8 Å². The lowest BCUT2D eigenvalue weighted by Crippen LogP contribution is -2.50. The van der Waals surface area contributed by atoms with E-state index in [-0.39, 0.29) is 42.3 Å². The predicted octanol–water partition coefficient (Wildman–Crippen LogP) is 1.81. The van der Waals surface area contributed by atoms with Crippen LogP contribution in [0.1, 0.15) is 47.1 Å². The summed E-state index contributed by atoms with van der Waals surface area (Å²) in [7, 11) is 1.71. The number of carbonyl (C=O) groups excluding carboxylic acids is 2. The van der Waals surface area contributed by atoms with E-state index in [0.717, 1.165) is 0 Å². The van der Waals surface area contributed by atoms with Crippen molar-refractivity contribution in [3.05, 3.63) is 59.3 Å². The summed E-state index contributed by atoms with van der Waals surface area (Å²) in [5.41, 5.74) is 1.27. The van der Waals surface area contributed by atoms with Gasteiger partial charge in [0, 0.05) is 36.8 Å². The summed E-state index contributed by atoms with van der Waals surface area (Å²) in [5, 5.41) is 19.2. The van der Waals surface area contributed by atoms with Crippen molar-refractivity contribution in [1.29, 1.82) is 0 Å². The van der Waals surface area contributed by atoms with E-state index < -0.39 is 18.2 Å². The van der Waals surface area contributed by atoms with Crippen LogP contribution in [0.4, 0.5) is 0 Å². The third kappa shape index (κ3) is 5.93. The van der Waals surface area contributed by atoms with Gasteiger partial charge in [0.15, 0.2) is 0 Å². The molecule has 8 heteroatoms. The molecule has 0 saturated carbocycles. The maximum atomic E-state index is 13.4. The van der Waals surface area contributed by atoms with Crippen molar-refractivity contribution >= 4 is 11.8 Å². The van der Waals surface area contributed by atoms with E-state index in [2.05, 4.69) is 16.8 Å². The molecule has 1 aliphatic rings. The number of aliphatic hydroxyl groups excluding tert-OH is 2.